The molecule has 1 N–H and O–H groups in total. The molecule has 3 aromatic rings. The van der Waals surface area contributed by atoms with Crippen molar-refractivity contribution >= 4 is 32.8 Å². The van der Waals surface area contributed by atoms with E-state index in [1.807, 2.05) is 0 Å². The maximum Gasteiger partial charge on any atom is 0.269 e. The van der Waals surface area contributed by atoms with Crippen LogP contribution in [0.4, 0.5) is 21.5 Å². The Morgan fingerprint density at radius 1 is 1.07 bits per heavy atom. The van der Waals surface area contributed by atoms with E-state index in [4.69, 9.17) is 9.72 Å². The molecule has 2 heterocycles. The summed E-state index contributed by atoms with van der Waals surface area (Å²) in [6, 6.07) is 12.6. The van der Waals surface area contributed by atoms with Gasteiger partial charge in [-0.25, -0.2) is 4.98 Å². The molecule has 0 saturated carbocycles. The number of benzene rings is 2. The Hall–Kier alpha value is -3.37. The fourth-order valence-electron chi connectivity index (χ4n) is 2.81. The zero-order valence-corrected chi connectivity index (χ0v) is 16.1. The highest BCUT2D eigenvalue weighted by atomic mass is 32.1. The van der Waals surface area contributed by atoms with Crippen molar-refractivity contribution in [1.82, 2.24) is 4.98 Å². The largest absolute Gasteiger partial charge is 0.508 e. The molecule has 0 bridgehead atoms. The van der Waals surface area contributed by atoms with Gasteiger partial charge in [0.15, 0.2) is 10.1 Å². The summed E-state index contributed by atoms with van der Waals surface area (Å²) in [7, 11) is 0. The number of non-ortho nitro benzene ring substituents is 1. The molecule has 1 aliphatic heterocycles. The number of nitrogens with zero attached hydrogens (tertiary/aromatic N) is 5. The molecule has 0 radical (unpaired) electrons. The van der Waals surface area contributed by atoms with Crippen LogP contribution in [0.1, 0.15) is 0 Å². The number of phenols is 1. The SMILES string of the molecule is O=[N+]([O-])c1ccc(N=Nc2sc(N3CCOCC3)nc2-c2ccc(O)cc2)cc1. The van der Waals surface area contributed by atoms with Gasteiger partial charge in [-0.05, 0) is 36.4 Å². The highest BCUT2D eigenvalue weighted by Gasteiger charge is 2.19. The number of nitro benzene ring substituents is 1. The smallest absolute Gasteiger partial charge is 0.269 e. The van der Waals surface area contributed by atoms with Crippen LogP contribution in [-0.4, -0.2) is 41.3 Å². The lowest BCUT2D eigenvalue weighted by molar-refractivity contribution is -0.384. The number of rotatable bonds is 5. The molecule has 1 saturated heterocycles. The number of thiazole rings is 1. The molecule has 0 atom stereocenters. The third-order valence-electron chi connectivity index (χ3n) is 4.34. The van der Waals surface area contributed by atoms with Crippen LogP contribution in [0.25, 0.3) is 11.3 Å². The fraction of sp³-hybridized carbons (Fsp3) is 0.211. The van der Waals surface area contributed by atoms with E-state index in [1.165, 1.54) is 23.5 Å². The van der Waals surface area contributed by atoms with Crippen LogP contribution in [0.2, 0.25) is 0 Å². The molecule has 0 amide bonds. The summed E-state index contributed by atoms with van der Waals surface area (Å²) in [5.41, 5.74) is 1.99. The van der Waals surface area contributed by atoms with Crippen molar-refractivity contribution in [2.75, 3.05) is 31.2 Å². The van der Waals surface area contributed by atoms with Gasteiger partial charge in [-0.15, -0.1) is 10.2 Å². The zero-order chi connectivity index (χ0) is 20.2. The van der Waals surface area contributed by atoms with Gasteiger partial charge < -0.3 is 14.7 Å². The van der Waals surface area contributed by atoms with Gasteiger partial charge in [-0.1, -0.05) is 11.3 Å². The maximum absolute atomic E-state index is 10.8. The van der Waals surface area contributed by atoms with Gasteiger partial charge in [-0.2, -0.15) is 0 Å². The van der Waals surface area contributed by atoms with Gasteiger partial charge in [0.1, 0.15) is 11.4 Å². The van der Waals surface area contributed by atoms with Gasteiger partial charge >= 0.3 is 0 Å². The molecule has 2 aromatic carbocycles. The van der Waals surface area contributed by atoms with Crippen LogP contribution in [-0.2, 0) is 4.74 Å². The van der Waals surface area contributed by atoms with Crippen molar-refractivity contribution in [3.05, 3.63) is 58.6 Å². The lowest BCUT2D eigenvalue weighted by Crippen LogP contribution is -2.36. The Morgan fingerprint density at radius 2 is 1.76 bits per heavy atom. The van der Waals surface area contributed by atoms with E-state index in [2.05, 4.69) is 15.1 Å². The standard InChI is InChI=1S/C19H17N5O4S/c25-16-7-1-13(2-8-16)17-18(29-19(20-17)23-9-11-28-12-10-23)22-21-14-3-5-15(6-4-14)24(26)27/h1-8,25H,9-12H2. The van der Waals surface area contributed by atoms with Crippen LogP contribution in [0.3, 0.4) is 0 Å². The second-order valence-corrected chi connectivity index (χ2v) is 7.23. The second-order valence-electron chi connectivity index (χ2n) is 6.27. The number of morpholine rings is 1. The van der Waals surface area contributed by atoms with E-state index < -0.39 is 4.92 Å². The molecular formula is C19H17N5O4S. The summed E-state index contributed by atoms with van der Waals surface area (Å²) in [5.74, 6) is 0.173. The first-order chi connectivity index (χ1) is 14.1. The summed E-state index contributed by atoms with van der Waals surface area (Å²) < 4.78 is 5.41. The Labute approximate surface area is 170 Å². The van der Waals surface area contributed by atoms with Gasteiger partial charge in [-0.3, -0.25) is 10.1 Å². The van der Waals surface area contributed by atoms with Crippen LogP contribution >= 0.6 is 11.3 Å². The van der Waals surface area contributed by atoms with Gasteiger partial charge in [0, 0.05) is 30.8 Å². The number of phenolic OH excluding ortho intramolecular Hbond substituents is 1. The van der Waals surface area contributed by atoms with Crippen molar-refractivity contribution in [3.8, 4) is 17.0 Å². The van der Waals surface area contributed by atoms with Crippen LogP contribution in [0.15, 0.2) is 58.8 Å². The summed E-state index contributed by atoms with van der Waals surface area (Å²) in [6.07, 6.45) is 0. The first-order valence-electron chi connectivity index (χ1n) is 8.89. The molecule has 9 nitrogen and oxygen atoms in total. The first-order valence-corrected chi connectivity index (χ1v) is 9.71. The molecule has 0 unspecified atom stereocenters. The molecule has 29 heavy (non-hydrogen) atoms. The van der Waals surface area contributed by atoms with E-state index in [0.717, 1.165) is 23.8 Å². The molecule has 1 aromatic heterocycles. The summed E-state index contributed by atoms with van der Waals surface area (Å²) in [6.45, 7) is 2.80. The topological polar surface area (TPSA) is 113 Å². The van der Waals surface area contributed by atoms with Gasteiger partial charge in [0.2, 0.25) is 0 Å². The Kier molecular flexibility index (Phi) is 5.45. The quantitative estimate of drug-likeness (QED) is 0.371. The third kappa shape index (κ3) is 4.39. The molecular weight excluding hydrogens is 394 g/mol. The van der Waals surface area contributed by atoms with E-state index in [1.54, 1.807) is 36.4 Å². The van der Waals surface area contributed by atoms with E-state index in [-0.39, 0.29) is 11.4 Å². The fourth-order valence-corrected chi connectivity index (χ4v) is 3.77. The molecule has 1 aliphatic rings. The number of aromatic nitrogens is 1. The Balaban J connectivity index is 1.67. The highest BCUT2D eigenvalue weighted by Crippen LogP contribution is 2.41. The van der Waals surface area contributed by atoms with Crippen molar-refractivity contribution in [1.29, 1.82) is 0 Å². The number of aromatic hydroxyl groups is 1. The zero-order valence-electron chi connectivity index (χ0n) is 15.3. The Bertz CT molecular complexity index is 1030. The second kappa shape index (κ2) is 8.33. The third-order valence-corrected chi connectivity index (χ3v) is 5.34. The summed E-state index contributed by atoms with van der Waals surface area (Å²) >= 11 is 1.42. The predicted molar refractivity (Wildman–Crippen MR) is 110 cm³/mol. The van der Waals surface area contributed by atoms with Crippen molar-refractivity contribution in [3.63, 3.8) is 0 Å². The van der Waals surface area contributed by atoms with Crippen molar-refractivity contribution in [2.24, 2.45) is 10.2 Å². The molecule has 0 spiro atoms. The minimum absolute atomic E-state index is 0.00104. The average molecular weight is 411 g/mol. The van der Waals surface area contributed by atoms with Crippen molar-refractivity contribution < 1.29 is 14.8 Å². The molecule has 4 rings (SSSR count). The number of nitro groups is 1. The molecule has 10 heteroatoms. The average Bonchev–Trinajstić information content (AvgIpc) is 3.18. The molecule has 1 fully saturated rings. The lowest BCUT2D eigenvalue weighted by Gasteiger charge is -2.25. The monoisotopic (exact) mass is 411 g/mol. The maximum atomic E-state index is 10.8. The van der Waals surface area contributed by atoms with Crippen LogP contribution in [0.5, 0.6) is 5.75 Å². The minimum atomic E-state index is -0.457. The minimum Gasteiger partial charge on any atom is -0.508 e. The number of anilines is 1. The van der Waals surface area contributed by atoms with E-state index in [0.29, 0.717) is 29.6 Å². The van der Waals surface area contributed by atoms with Crippen LogP contribution < -0.4 is 4.90 Å². The molecule has 148 valence electrons. The summed E-state index contributed by atoms with van der Waals surface area (Å²) in [4.78, 5) is 17.2. The number of hydrogen-bond acceptors (Lipinski definition) is 9. The first kappa shape index (κ1) is 19.0. The molecule has 0 aliphatic carbocycles. The number of azo groups is 1. The van der Waals surface area contributed by atoms with Gasteiger partial charge in [0.25, 0.3) is 5.69 Å². The van der Waals surface area contributed by atoms with E-state index >= 15 is 0 Å². The van der Waals surface area contributed by atoms with Crippen molar-refractivity contribution in [2.45, 2.75) is 0 Å². The Morgan fingerprint density at radius 3 is 2.41 bits per heavy atom. The predicted octanol–water partition coefficient (Wildman–Crippen LogP) is 4.68. The summed E-state index contributed by atoms with van der Waals surface area (Å²) in [5, 5.41) is 30.4. The normalized spacial score (nSPS) is 14.4. The lowest BCUT2D eigenvalue weighted by atomic mass is 10.1. The van der Waals surface area contributed by atoms with Crippen LogP contribution in [0, 0.1) is 10.1 Å². The van der Waals surface area contributed by atoms with E-state index in [9.17, 15) is 15.2 Å². The number of hydrogen-bond donors (Lipinski definition) is 1. The van der Waals surface area contributed by atoms with Gasteiger partial charge in [0.05, 0.1) is 23.8 Å². The highest BCUT2D eigenvalue weighted by molar-refractivity contribution is 7.19. The number of ether oxygens (including phenoxy) is 1.